The Morgan fingerprint density at radius 1 is 1.37 bits per heavy atom. The minimum Gasteiger partial charge on any atom is -0.393 e. The molecule has 0 amide bonds. The van der Waals surface area contributed by atoms with Crippen molar-refractivity contribution < 1.29 is 13.5 Å². The van der Waals surface area contributed by atoms with Gasteiger partial charge in [-0.25, -0.2) is 13.1 Å². The molecule has 0 saturated carbocycles. The fourth-order valence-electron chi connectivity index (χ4n) is 1.36. The molecular formula is C13H18BrNO3S. The zero-order valence-electron chi connectivity index (χ0n) is 10.7. The molecule has 0 heterocycles. The number of hydrogen-bond donors (Lipinski definition) is 2. The Hall–Kier alpha value is -0.690. The number of sulfonamides is 1. The number of aliphatic hydroxyl groups excluding tert-OH is 1. The Bertz CT molecular complexity index is 511. The van der Waals surface area contributed by atoms with Crippen molar-refractivity contribution in [3.8, 4) is 0 Å². The molecule has 6 heteroatoms. The quantitative estimate of drug-likeness (QED) is 0.796. The molecule has 0 aliphatic carbocycles. The zero-order valence-corrected chi connectivity index (χ0v) is 13.1. The lowest BCUT2D eigenvalue weighted by Crippen LogP contribution is -2.25. The van der Waals surface area contributed by atoms with Crippen LogP contribution in [0.2, 0.25) is 0 Å². The van der Waals surface area contributed by atoms with Crippen molar-refractivity contribution in [1.29, 1.82) is 0 Å². The minimum absolute atomic E-state index is 0.238. The average Bonchev–Trinajstić information content (AvgIpc) is 2.38. The van der Waals surface area contributed by atoms with Gasteiger partial charge in [-0.05, 0) is 36.6 Å². The molecule has 1 aromatic rings. The van der Waals surface area contributed by atoms with E-state index in [1.807, 2.05) is 31.2 Å². The number of rotatable bonds is 7. The summed E-state index contributed by atoms with van der Waals surface area (Å²) in [7, 11) is -3.45. The highest BCUT2D eigenvalue weighted by Gasteiger charge is 2.06. The molecule has 19 heavy (non-hydrogen) atoms. The highest BCUT2D eigenvalue weighted by atomic mass is 79.9. The van der Waals surface area contributed by atoms with Crippen molar-refractivity contribution in [1.82, 2.24) is 4.72 Å². The largest absolute Gasteiger partial charge is 0.393 e. The van der Waals surface area contributed by atoms with Crippen molar-refractivity contribution in [2.24, 2.45) is 0 Å². The van der Waals surface area contributed by atoms with Crippen molar-refractivity contribution >= 4 is 32.0 Å². The first-order chi connectivity index (χ1) is 8.93. The van der Waals surface area contributed by atoms with Crippen LogP contribution in [0, 0.1) is 0 Å². The van der Waals surface area contributed by atoms with Crippen LogP contribution < -0.4 is 4.72 Å². The summed E-state index contributed by atoms with van der Waals surface area (Å²) in [4.78, 5) is 0. The molecule has 0 aliphatic heterocycles. The first-order valence-electron chi connectivity index (χ1n) is 6.04. The second-order valence-electron chi connectivity index (χ2n) is 4.14. The number of hydrogen-bond acceptors (Lipinski definition) is 3. The number of halogens is 1. The van der Waals surface area contributed by atoms with Gasteiger partial charge < -0.3 is 5.11 Å². The van der Waals surface area contributed by atoms with Crippen LogP contribution in [0.5, 0.6) is 0 Å². The molecule has 0 radical (unpaired) electrons. The molecule has 0 spiro atoms. The van der Waals surface area contributed by atoms with E-state index >= 15 is 0 Å². The molecule has 1 aromatic carbocycles. The summed E-state index contributed by atoms with van der Waals surface area (Å²) < 4.78 is 26.7. The topological polar surface area (TPSA) is 66.4 Å². The molecule has 2 N–H and O–H groups in total. The van der Waals surface area contributed by atoms with Crippen molar-refractivity contribution in [3.63, 3.8) is 0 Å². The average molecular weight is 348 g/mol. The van der Waals surface area contributed by atoms with Gasteiger partial charge in [0.05, 0.1) is 6.10 Å². The second-order valence-corrected chi connectivity index (χ2v) is 6.71. The molecule has 4 nitrogen and oxygen atoms in total. The van der Waals surface area contributed by atoms with Gasteiger partial charge >= 0.3 is 0 Å². The Morgan fingerprint density at radius 3 is 2.58 bits per heavy atom. The molecule has 0 bridgehead atoms. The Kier molecular flexibility index (Phi) is 6.71. The van der Waals surface area contributed by atoms with Crippen LogP contribution in [-0.2, 0) is 10.0 Å². The highest BCUT2D eigenvalue weighted by molar-refractivity contribution is 9.10. The zero-order chi connectivity index (χ0) is 14.3. The maximum Gasteiger partial charge on any atom is 0.233 e. The summed E-state index contributed by atoms with van der Waals surface area (Å²) in [6, 6.07) is 7.32. The molecule has 0 saturated heterocycles. The smallest absolute Gasteiger partial charge is 0.233 e. The summed E-state index contributed by atoms with van der Waals surface area (Å²) in [5, 5.41) is 10.5. The molecule has 1 atom stereocenters. The third-order valence-corrected chi connectivity index (χ3v) is 4.19. The third-order valence-electron chi connectivity index (χ3n) is 2.56. The summed E-state index contributed by atoms with van der Waals surface area (Å²) in [6.45, 7) is 2.09. The van der Waals surface area contributed by atoms with Gasteiger partial charge in [0.15, 0.2) is 0 Å². The number of benzene rings is 1. The van der Waals surface area contributed by atoms with Crippen LogP contribution in [0.1, 0.15) is 25.3 Å². The standard InChI is InChI=1S/C13H18BrNO3S/c1-2-13(16)7-9-15-19(17,18)10-8-11-3-5-12(14)6-4-11/h3-6,8,10,13,15-16H,2,7,9H2,1H3/b10-8+. The van der Waals surface area contributed by atoms with E-state index in [4.69, 9.17) is 0 Å². The van der Waals surface area contributed by atoms with Crippen molar-refractivity contribution in [2.45, 2.75) is 25.9 Å². The monoisotopic (exact) mass is 347 g/mol. The van der Waals surface area contributed by atoms with E-state index in [1.165, 1.54) is 6.08 Å². The van der Waals surface area contributed by atoms with E-state index < -0.39 is 16.1 Å². The fraction of sp³-hybridized carbons (Fsp3) is 0.385. The van der Waals surface area contributed by atoms with Crippen molar-refractivity contribution in [2.75, 3.05) is 6.54 Å². The molecule has 0 aliphatic rings. The third kappa shape index (κ3) is 6.87. The predicted octanol–water partition coefficient (Wildman–Crippen LogP) is 2.50. The Balaban J connectivity index is 2.52. The molecule has 0 aromatic heterocycles. The second kappa shape index (κ2) is 7.79. The van der Waals surface area contributed by atoms with E-state index in [9.17, 15) is 13.5 Å². The van der Waals surface area contributed by atoms with Crippen LogP contribution in [0.25, 0.3) is 6.08 Å². The number of nitrogens with one attached hydrogen (secondary N) is 1. The summed E-state index contributed by atoms with van der Waals surface area (Å²) in [6.07, 6.45) is 2.11. The lowest BCUT2D eigenvalue weighted by atomic mass is 10.2. The summed E-state index contributed by atoms with van der Waals surface area (Å²) in [5.41, 5.74) is 0.808. The highest BCUT2D eigenvalue weighted by Crippen LogP contribution is 2.11. The Labute approximate surface area is 122 Å². The van der Waals surface area contributed by atoms with Crippen LogP contribution in [-0.4, -0.2) is 26.2 Å². The lowest BCUT2D eigenvalue weighted by molar-refractivity contribution is 0.162. The maximum atomic E-state index is 11.7. The maximum absolute atomic E-state index is 11.7. The first-order valence-corrected chi connectivity index (χ1v) is 8.38. The van der Waals surface area contributed by atoms with Gasteiger partial charge in [0, 0.05) is 16.4 Å². The fourth-order valence-corrected chi connectivity index (χ4v) is 2.46. The molecule has 1 rings (SSSR count). The van der Waals surface area contributed by atoms with E-state index in [1.54, 1.807) is 0 Å². The molecular weight excluding hydrogens is 330 g/mol. The summed E-state index contributed by atoms with van der Waals surface area (Å²) in [5.74, 6) is 0. The van der Waals surface area contributed by atoms with Gasteiger partial charge in [-0.3, -0.25) is 0 Å². The molecule has 0 fully saturated rings. The van der Waals surface area contributed by atoms with Crippen LogP contribution >= 0.6 is 15.9 Å². The normalized spacial score (nSPS) is 13.8. The molecule has 1 unspecified atom stereocenters. The lowest BCUT2D eigenvalue weighted by Gasteiger charge is -2.07. The predicted molar refractivity (Wildman–Crippen MR) is 81.0 cm³/mol. The van der Waals surface area contributed by atoms with Gasteiger partial charge in [-0.15, -0.1) is 0 Å². The van der Waals surface area contributed by atoms with Gasteiger partial charge in [-0.1, -0.05) is 35.0 Å². The first kappa shape index (κ1) is 16.4. The summed E-state index contributed by atoms with van der Waals surface area (Å²) >= 11 is 3.31. The van der Waals surface area contributed by atoms with Crippen molar-refractivity contribution in [3.05, 3.63) is 39.7 Å². The van der Waals surface area contributed by atoms with Gasteiger partial charge in [0.25, 0.3) is 0 Å². The van der Waals surface area contributed by atoms with Crippen LogP contribution in [0.15, 0.2) is 34.1 Å². The minimum atomic E-state index is -3.45. The SMILES string of the molecule is CCC(O)CCNS(=O)(=O)/C=C/c1ccc(Br)cc1. The van der Waals surface area contributed by atoms with Gasteiger partial charge in [0.2, 0.25) is 10.0 Å². The molecule has 106 valence electrons. The number of aliphatic hydroxyl groups is 1. The van der Waals surface area contributed by atoms with E-state index in [-0.39, 0.29) is 6.54 Å². The van der Waals surface area contributed by atoms with Crippen LogP contribution in [0.3, 0.4) is 0 Å². The van der Waals surface area contributed by atoms with E-state index in [0.29, 0.717) is 12.8 Å². The van der Waals surface area contributed by atoms with E-state index in [0.717, 1.165) is 15.4 Å². The van der Waals surface area contributed by atoms with Crippen LogP contribution in [0.4, 0.5) is 0 Å². The Morgan fingerprint density at radius 2 is 2.00 bits per heavy atom. The van der Waals surface area contributed by atoms with Gasteiger partial charge in [-0.2, -0.15) is 0 Å². The van der Waals surface area contributed by atoms with E-state index in [2.05, 4.69) is 20.7 Å². The van der Waals surface area contributed by atoms with Gasteiger partial charge in [0.1, 0.15) is 0 Å².